The van der Waals surface area contributed by atoms with Crippen molar-refractivity contribution in [3.8, 4) is 0 Å². The Morgan fingerprint density at radius 2 is 2.21 bits per heavy atom. The van der Waals surface area contributed by atoms with Gasteiger partial charge in [-0.25, -0.2) is 4.98 Å². The Balaban J connectivity index is 2.14. The minimum absolute atomic E-state index is 0.167. The summed E-state index contributed by atoms with van der Waals surface area (Å²) < 4.78 is 0. The highest BCUT2D eigenvalue weighted by atomic mass is 16.3. The smallest absolute Gasteiger partial charge is 0.128 e. The van der Waals surface area contributed by atoms with E-state index in [4.69, 9.17) is 0 Å². The van der Waals surface area contributed by atoms with E-state index in [0.717, 1.165) is 5.82 Å². The third kappa shape index (κ3) is 1.73. The molecule has 0 aliphatic carbocycles. The van der Waals surface area contributed by atoms with Crippen molar-refractivity contribution in [3.05, 3.63) is 23.9 Å². The molecule has 0 aromatic carbocycles. The van der Waals surface area contributed by atoms with Crippen LogP contribution in [0.2, 0.25) is 0 Å². The van der Waals surface area contributed by atoms with E-state index in [-0.39, 0.29) is 6.10 Å². The molecule has 76 valence electrons. The molecule has 3 nitrogen and oxygen atoms in total. The first-order valence-corrected chi connectivity index (χ1v) is 5.06. The maximum Gasteiger partial charge on any atom is 0.128 e. The van der Waals surface area contributed by atoms with Crippen LogP contribution in [0.5, 0.6) is 0 Å². The summed E-state index contributed by atoms with van der Waals surface area (Å²) in [5.74, 6) is 1.52. The quantitative estimate of drug-likeness (QED) is 0.769. The second kappa shape index (κ2) is 3.58. The molecule has 14 heavy (non-hydrogen) atoms. The van der Waals surface area contributed by atoms with Crippen LogP contribution < -0.4 is 4.90 Å². The number of hydrogen-bond acceptors (Lipinski definition) is 3. The van der Waals surface area contributed by atoms with Gasteiger partial charge in [0.15, 0.2) is 0 Å². The summed E-state index contributed by atoms with van der Waals surface area (Å²) in [6.45, 7) is 5.78. The van der Waals surface area contributed by atoms with E-state index in [9.17, 15) is 5.11 Å². The molecular formula is C11H16N2O. The largest absolute Gasteiger partial charge is 0.389 e. The van der Waals surface area contributed by atoms with Crippen LogP contribution in [0.1, 0.15) is 25.3 Å². The van der Waals surface area contributed by atoms with Crippen molar-refractivity contribution in [1.29, 1.82) is 0 Å². The van der Waals surface area contributed by atoms with Gasteiger partial charge in [0, 0.05) is 19.3 Å². The van der Waals surface area contributed by atoms with Gasteiger partial charge in [-0.2, -0.15) is 0 Å². The molecule has 2 rings (SSSR count). The minimum Gasteiger partial charge on any atom is -0.389 e. The van der Waals surface area contributed by atoms with Crippen molar-refractivity contribution < 1.29 is 5.11 Å². The Kier molecular flexibility index (Phi) is 2.42. The molecule has 0 bridgehead atoms. The van der Waals surface area contributed by atoms with Crippen LogP contribution in [0.15, 0.2) is 18.3 Å². The minimum atomic E-state index is -0.167. The third-order valence-corrected chi connectivity index (χ3v) is 2.62. The summed E-state index contributed by atoms with van der Waals surface area (Å²) in [7, 11) is 0. The van der Waals surface area contributed by atoms with Gasteiger partial charge in [0.05, 0.1) is 6.10 Å². The zero-order chi connectivity index (χ0) is 10.1. The lowest BCUT2D eigenvalue weighted by molar-refractivity contribution is 0.141. The number of hydrogen-bond donors (Lipinski definition) is 1. The van der Waals surface area contributed by atoms with Crippen LogP contribution in [0.4, 0.5) is 5.82 Å². The predicted molar refractivity (Wildman–Crippen MR) is 56.5 cm³/mol. The zero-order valence-corrected chi connectivity index (χ0v) is 8.64. The molecular weight excluding hydrogens is 176 g/mol. The zero-order valence-electron chi connectivity index (χ0n) is 8.64. The second-order valence-corrected chi connectivity index (χ2v) is 4.16. The number of aliphatic hydroxyl groups excluding tert-OH is 1. The first-order valence-electron chi connectivity index (χ1n) is 5.06. The molecule has 0 amide bonds. The van der Waals surface area contributed by atoms with Crippen molar-refractivity contribution in [3.63, 3.8) is 0 Å². The first-order chi connectivity index (χ1) is 6.66. The molecule has 1 aromatic heterocycles. The average Bonchev–Trinajstić information content (AvgIpc) is 2.13. The Morgan fingerprint density at radius 1 is 1.50 bits per heavy atom. The number of nitrogens with zero attached hydrogens (tertiary/aromatic N) is 2. The van der Waals surface area contributed by atoms with E-state index in [1.807, 2.05) is 12.3 Å². The summed E-state index contributed by atoms with van der Waals surface area (Å²) in [5, 5.41) is 9.19. The van der Waals surface area contributed by atoms with E-state index in [1.54, 1.807) is 0 Å². The third-order valence-electron chi connectivity index (χ3n) is 2.62. The van der Waals surface area contributed by atoms with Crippen molar-refractivity contribution in [2.24, 2.45) is 0 Å². The molecule has 0 spiro atoms. The Hall–Kier alpha value is -1.09. The fourth-order valence-electron chi connectivity index (χ4n) is 1.61. The Morgan fingerprint density at radius 3 is 2.79 bits per heavy atom. The number of β-amino-alcohol motifs (C(OH)–C–C–N with tert-alkyl or cyclic N) is 1. The number of rotatable bonds is 2. The van der Waals surface area contributed by atoms with Crippen LogP contribution in [0.25, 0.3) is 0 Å². The molecule has 1 aromatic rings. The molecule has 0 radical (unpaired) electrons. The second-order valence-electron chi connectivity index (χ2n) is 4.16. The maximum absolute atomic E-state index is 9.19. The van der Waals surface area contributed by atoms with E-state index < -0.39 is 0 Å². The van der Waals surface area contributed by atoms with Crippen molar-refractivity contribution in [2.75, 3.05) is 18.0 Å². The van der Waals surface area contributed by atoms with E-state index in [1.165, 1.54) is 5.56 Å². The number of pyridine rings is 1. The van der Waals surface area contributed by atoms with E-state index >= 15 is 0 Å². The van der Waals surface area contributed by atoms with Gasteiger partial charge in [0.2, 0.25) is 0 Å². The fraction of sp³-hybridized carbons (Fsp3) is 0.545. The number of aliphatic hydroxyl groups is 1. The number of anilines is 1. The van der Waals surface area contributed by atoms with E-state index in [0.29, 0.717) is 19.0 Å². The van der Waals surface area contributed by atoms with Crippen LogP contribution in [-0.2, 0) is 0 Å². The van der Waals surface area contributed by atoms with Gasteiger partial charge in [-0.15, -0.1) is 0 Å². The number of aromatic nitrogens is 1. The van der Waals surface area contributed by atoms with Crippen LogP contribution in [0.3, 0.4) is 0 Å². The van der Waals surface area contributed by atoms with Crippen LogP contribution in [-0.4, -0.2) is 29.3 Å². The molecule has 0 unspecified atom stereocenters. The monoisotopic (exact) mass is 192 g/mol. The Labute approximate surface area is 84.4 Å². The highest BCUT2D eigenvalue weighted by Crippen LogP contribution is 2.22. The summed E-state index contributed by atoms with van der Waals surface area (Å²) in [6, 6.07) is 4.15. The van der Waals surface area contributed by atoms with Gasteiger partial charge < -0.3 is 10.0 Å². The van der Waals surface area contributed by atoms with Gasteiger partial charge in [0.25, 0.3) is 0 Å². The molecule has 3 heteroatoms. The maximum atomic E-state index is 9.19. The van der Waals surface area contributed by atoms with Gasteiger partial charge >= 0.3 is 0 Å². The van der Waals surface area contributed by atoms with Crippen molar-refractivity contribution >= 4 is 5.82 Å². The molecule has 2 heterocycles. The highest BCUT2D eigenvalue weighted by molar-refractivity contribution is 5.44. The highest BCUT2D eigenvalue weighted by Gasteiger charge is 2.25. The summed E-state index contributed by atoms with van der Waals surface area (Å²) in [6.07, 6.45) is 1.68. The van der Waals surface area contributed by atoms with Crippen LogP contribution in [0, 0.1) is 0 Å². The van der Waals surface area contributed by atoms with Gasteiger partial charge in [-0.1, -0.05) is 13.8 Å². The van der Waals surface area contributed by atoms with Crippen molar-refractivity contribution in [2.45, 2.75) is 25.9 Å². The van der Waals surface area contributed by atoms with Gasteiger partial charge in [-0.3, -0.25) is 0 Å². The lowest BCUT2D eigenvalue weighted by Crippen LogP contribution is -2.51. The molecule has 1 N–H and O–H groups in total. The molecule has 1 aliphatic heterocycles. The summed E-state index contributed by atoms with van der Waals surface area (Å²) in [5.41, 5.74) is 1.30. The predicted octanol–water partition coefficient (Wildman–Crippen LogP) is 1.39. The van der Waals surface area contributed by atoms with E-state index in [2.05, 4.69) is 29.8 Å². The fourth-order valence-corrected chi connectivity index (χ4v) is 1.61. The van der Waals surface area contributed by atoms with Crippen LogP contribution >= 0.6 is 0 Å². The lowest BCUT2D eigenvalue weighted by atomic mass is 10.0. The summed E-state index contributed by atoms with van der Waals surface area (Å²) >= 11 is 0. The lowest BCUT2D eigenvalue weighted by Gasteiger charge is -2.37. The normalized spacial score (nSPS) is 17.3. The molecule has 0 atom stereocenters. The molecule has 1 aliphatic rings. The molecule has 0 saturated carbocycles. The standard InChI is InChI=1S/C11H16N2O/c1-8(2)9-3-4-12-11(5-9)13-6-10(14)7-13/h3-5,8,10,14H,6-7H2,1-2H3. The topological polar surface area (TPSA) is 36.4 Å². The van der Waals surface area contributed by atoms with Gasteiger partial charge in [0.1, 0.15) is 5.82 Å². The molecule has 1 saturated heterocycles. The molecule has 1 fully saturated rings. The van der Waals surface area contributed by atoms with Gasteiger partial charge in [-0.05, 0) is 23.6 Å². The van der Waals surface area contributed by atoms with Crippen molar-refractivity contribution in [1.82, 2.24) is 4.98 Å². The summed E-state index contributed by atoms with van der Waals surface area (Å²) in [4.78, 5) is 6.39. The first kappa shape index (κ1) is 9.46. The average molecular weight is 192 g/mol. The SMILES string of the molecule is CC(C)c1ccnc(N2CC(O)C2)c1. The Bertz CT molecular complexity index is 319.